The second-order valence-electron chi connectivity index (χ2n) is 2.34. The van der Waals surface area contributed by atoms with E-state index in [0.29, 0.717) is 0 Å². The zero-order valence-corrected chi connectivity index (χ0v) is 6.61. The summed E-state index contributed by atoms with van der Waals surface area (Å²) < 4.78 is 20.8. The summed E-state index contributed by atoms with van der Waals surface area (Å²) in [6, 6.07) is 0. The monoisotopic (exact) mass is 151 g/mol. The smallest absolute Gasteiger partial charge is 0.209 e. The van der Waals surface area contributed by atoms with Crippen molar-refractivity contribution in [2.75, 3.05) is 5.75 Å². The van der Waals surface area contributed by atoms with E-state index in [1.807, 2.05) is 13.8 Å². The fraction of sp³-hybridized carbons (Fsp3) is 1.00. The molecule has 0 fully saturated rings. The molecule has 0 aromatic heterocycles. The van der Waals surface area contributed by atoms with Crippen molar-refractivity contribution in [1.82, 2.24) is 0 Å². The molecule has 4 heteroatoms. The Bertz CT molecular complexity index is 162. The highest BCUT2D eigenvalue weighted by molar-refractivity contribution is 7.89. The molecule has 0 aromatic carbocycles. The topological polar surface area (TPSA) is 60.2 Å². The van der Waals surface area contributed by atoms with Crippen molar-refractivity contribution in [2.24, 2.45) is 11.1 Å². The van der Waals surface area contributed by atoms with E-state index < -0.39 is 10.0 Å². The standard InChI is InChI=1S/C5H13NO2S/c1-3-5(2)4-9(6,7)8/h5H,3-4H2,1-2H3,(H2,6,7,8). The molecule has 0 aliphatic carbocycles. The van der Waals surface area contributed by atoms with Gasteiger partial charge in [-0.1, -0.05) is 20.3 Å². The summed E-state index contributed by atoms with van der Waals surface area (Å²) in [5.41, 5.74) is 0. The number of hydrogen-bond acceptors (Lipinski definition) is 2. The van der Waals surface area contributed by atoms with Crippen LogP contribution in [-0.4, -0.2) is 14.2 Å². The van der Waals surface area contributed by atoms with Crippen LogP contribution < -0.4 is 5.14 Å². The molecule has 3 nitrogen and oxygen atoms in total. The molecule has 0 bridgehead atoms. The Kier molecular flexibility index (Phi) is 3.14. The first-order valence-electron chi connectivity index (χ1n) is 2.96. The number of sulfonamides is 1. The molecule has 0 saturated heterocycles. The minimum atomic E-state index is -3.24. The van der Waals surface area contributed by atoms with Crippen LogP contribution in [0.4, 0.5) is 0 Å². The van der Waals surface area contributed by atoms with E-state index in [0.717, 1.165) is 6.42 Å². The van der Waals surface area contributed by atoms with E-state index in [2.05, 4.69) is 0 Å². The van der Waals surface area contributed by atoms with Crippen molar-refractivity contribution in [1.29, 1.82) is 0 Å². The second kappa shape index (κ2) is 3.17. The van der Waals surface area contributed by atoms with E-state index in [9.17, 15) is 8.42 Å². The molecule has 0 aromatic rings. The van der Waals surface area contributed by atoms with Crippen molar-refractivity contribution in [3.63, 3.8) is 0 Å². The van der Waals surface area contributed by atoms with Gasteiger partial charge in [0.05, 0.1) is 5.75 Å². The first-order valence-corrected chi connectivity index (χ1v) is 4.67. The lowest BCUT2D eigenvalue weighted by molar-refractivity contribution is 0.565. The quantitative estimate of drug-likeness (QED) is 0.631. The molecule has 1 atom stereocenters. The molecule has 0 saturated carbocycles. The van der Waals surface area contributed by atoms with Crippen LogP contribution in [-0.2, 0) is 10.0 Å². The Labute approximate surface area is 56.3 Å². The predicted molar refractivity (Wildman–Crippen MR) is 37.4 cm³/mol. The summed E-state index contributed by atoms with van der Waals surface area (Å²) in [5, 5.41) is 4.78. The number of primary sulfonamides is 1. The Morgan fingerprint density at radius 3 is 2.11 bits per heavy atom. The van der Waals surface area contributed by atoms with Crippen LogP contribution in [0.5, 0.6) is 0 Å². The maximum atomic E-state index is 10.4. The summed E-state index contributed by atoms with van der Waals surface area (Å²) >= 11 is 0. The first-order chi connectivity index (χ1) is 3.95. The zero-order chi connectivity index (χ0) is 7.49. The SMILES string of the molecule is CCC(C)CS(N)(=O)=O. The zero-order valence-electron chi connectivity index (χ0n) is 5.79. The van der Waals surface area contributed by atoms with Gasteiger partial charge >= 0.3 is 0 Å². The molecular weight excluding hydrogens is 138 g/mol. The third kappa shape index (κ3) is 5.79. The van der Waals surface area contributed by atoms with Crippen LogP contribution in [0.15, 0.2) is 0 Å². The lowest BCUT2D eigenvalue weighted by atomic mass is 10.2. The molecule has 0 spiro atoms. The van der Waals surface area contributed by atoms with Crippen LogP contribution in [0.25, 0.3) is 0 Å². The minimum Gasteiger partial charge on any atom is -0.229 e. The molecule has 0 aliphatic rings. The van der Waals surface area contributed by atoms with E-state index in [-0.39, 0.29) is 11.7 Å². The second-order valence-corrected chi connectivity index (χ2v) is 4.00. The molecular formula is C5H13NO2S. The number of nitrogens with two attached hydrogens (primary N) is 1. The average Bonchev–Trinajstić information content (AvgIpc) is 1.62. The molecule has 2 N–H and O–H groups in total. The van der Waals surface area contributed by atoms with Gasteiger partial charge in [-0.05, 0) is 5.92 Å². The molecule has 0 radical (unpaired) electrons. The van der Waals surface area contributed by atoms with Crippen molar-refractivity contribution in [3.05, 3.63) is 0 Å². The molecule has 0 rings (SSSR count). The maximum absolute atomic E-state index is 10.4. The molecule has 9 heavy (non-hydrogen) atoms. The Hall–Kier alpha value is -0.0900. The number of hydrogen-bond donors (Lipinski definition) is 1. The Balaban J connectivity index is 3.75. The normalized spacial score (nSPS) is 15.4. The summed E-state index contributed by atoms with van der Waals surface area (Å²) in [5.74, 6) is 0.281. The minimum absolute atomic E-state index is 0.101. The maximum Gasteiger partial charge on any atom is 0.209 e. The number of rotatable bonds is 3. The van der Waals surface area contributed by atoms with Crippen molar-refractivity contribution < 1.29 is 8.42 Å². The average molecular weight is 151 g/mol. The van der Waals surface area contributed by atoms with E-state index in [1.54, 1.807) is 0 Å². The van der Waals surface area contributed by atoms with Gasteiger partial charge in [0.25, 0.3) is 0 Å². The molecule has 0 heterocycles. The molecule has 1 unspecified atom stereocenters. The predicted octanol–water partition coefficient (Wildman–Crippen LogP) is 0.321. The fourth-order valence-electron chi connectivity index (χ4n) is 0.514. The highest BCUT2D eigenvalue weighted by Crippen LogP contribution is 2.01. The van der Waals surface area contributed by atoms with Crippen LogP contribution >= 0.6 is 0 Å². The van der Waals surface area contributed by atoms with Gasteiger partial charge in [-0.2, -0.15) is 0 Å². The Morgan fingerprint density at radius 2 is 2.00 bits per heavy atom. The lowest BCUT2D eigenvalue weighted by Gasteiger charge is -2.03. The van der Waals surface area contributed by atoms with Gasteiger partial charge in [0, 0.05) is 0 Å². The van der Waals surface area contributed by atoms with Gasteiger partial charge in [-0.3, -0.25) is 0 Å². The van der Waals surface area contributed by atoms with Crippen LogP contribution in [0.3, 0.4) is 0 Å². The third-order valence-corrected chi connectivity index (χ3v) is 2.25. The van der Waals surface area contributed by atoms with Gasteiger partial charge in [0.2, 0.25) is 10.0 Å². The van der Waals surface area contributed by atoms with Crippen LogP contribution in [0, 0.1) is 5.92 Å². The summed E-state index contributed by atoms with van der Waals surface area (Å²) in [7, 11) is -3.24. The van der Waals surface area contributed by atoms with Crippen molar-refractivity contribution in [2.45, 2.75) is 20.3 Å². The van der Waals surface area contributed by atoms with Crippen molar-refractivity contribution in [3.8, 4) is 0 Å². The highest BCUT2D eigenvalue weighted by atomic mass is 32.2. The summed E-state index contributed by atoms with van der Waals surface area (Å²) in [6.45, 7) is 3.81. The highest BCUT2D eigenvalue weighted by Gasteiger charge is 2.07. The first kappa shape index (κ1) is 8.91. The van der Waals surface area contributed by atoms with E-state index >= 15 is 0 Å². The van der Waals surface area contributed by atoms with Crippen molar-refractivity contribution >= 4 is 10.0 Å². The van der Waals surface area contributed by atoms with E-state index in [4.69, 9.17) is 5.14 Å². The van der Waals surface area contributed by atoms with Gasteiger partial charge in [-0.25, -0.2) is 13.6 Å². The van der Waals surface area contributed by atoms with Gasteiger partial charge < -0.3 is 0 Å². The molecule has 0 amide bonds. The molecule has 0 aliphatic heterocycles. The van der Waals surface area contributed by atoms with Crippen LogP contribution in [0.2, 0.25) is 0 Å². The lowest BCUT2D eigenvalue weighted by Crippen LogP contribution is -2.20. The Morgan fingerprint density at radius 1 is 1.56 bits per heavy atom. The molecule has 56 valence electrons. The van der Waals surface area contributed by atoms with E-state index in [1.165, 1.54) is 0 Å². The third-order valence-electron chi connectivity index (χ3n) is 1.21. The fourth-order valence-corrected chi connectivity index (χ4v) is 1.54. The summed E-state index contributed by atoms with van der Waals surface area (Å²) in [4.78, 5) is 0. The van der Waals surface area contributed by atoms with Gasteiger partial charge in [0.1, 0.15) is 0 Å². The van der Waals surface area contributed by atoms with Gasteiger partial charge in [-0.15, -0.1) is 0 Å². The van der Waals surface area contributed by atoms with Crippen LogP contribution in [0.1, 0.15) is 20.3 Å². The summed E-state index contributed by atoms with van der Waals surface area (Å²) in [6.07, 6.45) is 0.858. The largest absolute Gasteiger partial charge is 0.229 e. The van der Waals surface area contributed by atoms with Gasteiger partial charge in [0.15, 0.2) is 0 Å².